The highest BCUT2D eigenvalue weighted by Gasteiger charge is 2.07. The van der Waals surface area contributed by atoms with Crippen LogP contribution < -0.4 is 0 Å². The van der Waals surface area contributed by atoms with Crippen LogP contribution in [0.25, 0.3) is 22.3 Å². The summed E-state index contributed by atoms with van der Waals surface area (Å²) in [5.41, 5.74) is 3.93. The molecule has 0 aliphatic carbocycles. The van der Waals surface area contributed by atoms with Crippen LogP contribution in [0.5, 0.6) is 0 Å². The molecule has 1 heterocycles. The molecule has 106 valence electrons. The summed E-state index contributed by atoms with van der Waals surface area (Å²) in [7, 11) is 0. The summed E-state index contributed by atoms with van der Waals surface area (Å²) in [6, 6.07) is 15.9. The molecule has 3 rings (SSSR count). The van der Waals surface area contributed by atoms with Crippen LogP contribution in [0.15, 0.2) is 52.9 Å². The highest BCUT2D eigenvalue weighted by molar-refractivity contribution is 5.84. The van der Waals surface area contributed by atoms with E-state index in [2.05, 4.69) is 25.1 Å². The Kier molecular flexibility index (Phi) is 3.87. The zero-order chi connectivity index (χ0) is 14.7. The molecule has 0 amide bonds. The lowest BCUT2D eigenvalue weighted by Crippen LogP contribution is -1.82. The highest BCUT2D eigenvalue weighted by atomic mass is 16.3. The van der Waals surface area contributed by atoms with Crippen LogP contribution in [0.4, 0.5) is 0 Å². The minimum absolute atomic E-state index is 0.678. The second-order valence-electron chi connectivity index (χ2n) is 5.33. The number of carbonyl (C=O) groups is 1. The number of aryl methyl sites for hydroxylation is 1. The first-order valence-electron chi connectivity index (χ1n) is 7.38. The molecule has 0 fully saturated rings. The van der Waals surface area contributed by atoms with Gasteiger partial charge >= 0.3 is 0 Å². The Hall–Kier alpha value is -2.35. The van der Waals surface area contributed by atoms with Crippen LogP contribution in [0.1, 0.15) is 35.7 Å². The lowest BCUT2D eigenvalue weighted by Gasteiger charge is -1.98. The molecule has 21 heavy (non-hydrogen) atoms. The fraction of sp³-hybridized carbons (Fsp3) is 0.211. The van der Waals surface area contributed by atoms with Gasteiger partial charge in [-0.25, -0.2) is 0 Å². The molecule has 0 bridgehead atoms. The third-order valence-electron chi connectivity index (χ3n) is 3.73. The van der Waals surface area contributed by atoms with Crippen LogP contribution >= 0.6 is 0 Å². The molecule has 0 radical (unpaired) electrons. The fourth-order valence-electron chi connectivity index (χ4n) is 2.50. The third-order valence-corrected chi connectivity index (χ3v) is 3.73. The number of furan rings is 1. The maximum Gasteiger partial charge on any atom is 0.150 e. The minimum atomic E-state index is 0.678. The summed E-state index contributed by atoms with van der Waals surface area (Å²) < 4.78 is 5.90. The monoisotopic (exact) mass is 278 g/mol. The number of fused-ring (bicyclic) bond motifs is 1. The first kappa shape index (κ1) is 13.6. The van der Waals surface area contributed by atoms with Gasteiger partial charge in [0.15, 0.2) is 0 Å². The molecular weight excluding hydrogens is 260 g/mol. The first-order chi connectivity index (χ1) is 10.3. The third kappa shape index (κ3) is 2.89. The van der Waals surface area contributed by atoms with Crippen molar-refractivity contribution in [3.63, 3.8) is 0 Å². The molecule has 0 aliphatic heterocycles. The van der Waals surface area contributed by atoms with E-state index in [1.165, 1.54) is 18.4 Å². The lowest BCUT2D eigenvalue weighted by molar-refractivity contribution is 0.112. The summed E-state index contributed by atoms with van der Waals surface area (Å²) in [6.07, 6.45) is 4.38. The number of hydrogen-bond donors (Lipinski definition) is 0. The van der Waals surface area contributed by atoms with Crippen molar-refractivity contribution in [3.8, 4) is 11.3 Å². The highest BCUT2D eigenvalue weighted by Crippen LogP contribution is 2.28. The van der Waals surface area contributed by atoms with Crippen LogP contribution in [0.2, 0.25) is 0 Å². The Labute approximate surface area is 124 Å². The largest absolute Gasteiger partial charge is 0.456 e. The van der Waals surface area contributed by atoms with Crippen molar-refractivity contribution in [2.75, 3.05) is 0 Å². The lowest BCUT2D eigenvalue weighted by atomic mass is 10.1. The topological polar surface area (TPSA) is 30.2 Å². The van der Waals surface area contributed by atoms with Gasteiger partial charge in [-0.3, -0.25) is 4.79 Å². The van der Waals surface area contributed by atoms with E-state index in [9.17, 15) is 4.79 Å². The van der Waals surface area contributed by atoms with Gasteiger partial charge in [-0.05, 0) is 36.6 Å². The number of hydrogen-bond acceptors (Lipinski definition) is 2. The number of unbranched alkanes of at least 4 members (excludes halogenated alkanes) is 1. The summed E-state index contributed by atoms with van der Waals surface area (Å²) in [4.78, 5) is 10.7. The molecular formula is C19H18O2. The van der Waals surface area contributed by atoms with Gasteiger partial charge in [-0.1, -0.05) is 43.7 Å². The maximum atomic E-state index is 10.7. The Bertz CT molecular complexity index is 751. The van der Waals surface area contributed by atoms with Crippen LogP contribution in [0, 0.1) is 0 Å². The standard InChI is InChI=1S/C19H18O2/c1-2-3-4-14-7-10-18-17(11-14)12-19(21-18)16-8-5-15(13-20)6-9-16/h5-13H,2-4H2,1H3. The second kappa shape index (κ2) is 5.96. The van der Waals surface area contributed by atoms with Crippen LogP contribution in [0.3, 0.4) is 0 Å². The van der Waals surface area contributed by atoms with Gasteiger partial charge in [0.2, 0.25) is 0 Å². The van der Waals surface area contributed by atoms with Crippen molar-refractivity contribution in [2.45, 2.75) is 26.2 Å². The predicted molar refractivity (Wildman–Crippen MR) is 85.6 cm³/mol. The van der Waals surface area contributed by atoms with Gasteiger partial charge in [-0.15, -0.1) is 0 Å². The smallest absolute Gasteiger partial charge is 0.150 e. The minimum Gasteiger partial charge on any atom is -0.456 e. The molecule has 0 unspecified atom stereocenters. The molecule has 0 atom stereocenters. The van der Waals surface area contributed by atoms with Crippen molar-refractivity contribution >= 4 is 17.3 Å². The number of benzene rings is 2. The Balaban J connectivity index is 1.93. The average molecular weight is 278 g/mol. The van der Waals surface area contributed by atoms with Crippen molar-refractivity contribution in [2.24, 2.45) is 0 Å². The Morgan fingerprint density at radius 3 is 2.57 bits per heavy atom. The van der Waals surface area contributed by atoms with Gasteiger partial charge in [0, 0.05) is 16.5 Å². The van der Waals surface area contributed by atoms with E-state index < -0.39 is 0 Å². The second-order valence-corrected chi connectivity index (χ2v) is 5.33. The summed E-state index contributed by atoms with van der Waals surface area (Å²) in [5.74, 6) is 0.843. The molecule has 0 N–H and O–H groups in total. The molecule has 0 saturated heterocycles. The van der Waals surface area contributed by atoms with Crippen LogP contribution in [-0.4, -0.2) is 6.29 Å². The normalized spacial score (nSPS) is 10.9. The predicted octanol–water partition coefficient (Wildman–Crippen LogP) is 5.25. The van der Waals surface area contributed by atoms with Gasteiger partial charge < -0.3 is 4.42 Å². The molecule has 2 nitrogen and oxygen atoms in total. The Morgan fingerprint density at radius 1 is 1.05 bits per heavy atom. The zero-order valence-electron chi connectivity index (χ0n) is 12.1. The van der Waals surface area contributed by atoms with Crippen molar-refractivity contribution in [1.29, 1.82) is 0 Å². The van der Waals surface area contributed by atoms with Crippen molar-refractivity contribution in [1.82, 2.24) is 0 Å². The van der Waals surface area contributed by atoms with Crippen molar-refractivity contribution < 1.29 is 9.21 Å². The summed E-state index contributed by atoms with van der Waals surface area (Å²) >= 11 is 0. The maximum absolute atomic E-state index is 10.7. The first-order valence-corrected chi connectivity index (χ1v) is 7.38. The van der Waals surface area contributed by atoms with E-state index in [0.29, 0.717) is 5.56 Å². The summed E-state index contributed by atoms with van der Waals surface area (Å²) in [6.45, 7) is 2.21. The van der Waals surface area contributed by atoms with Gasteiger partial charge in [0.05, 0.1) is 0 Å². The number of rotatable bonds is 5. The van der Waals surface area contributed by atoms with Crippen LogP contribution in [-0.2, 0) is 6.42 Å². The molecule has 0 saturated carbocycles. The molecule has 0 spiro atoms. The van der Waals surface area contributed by atoms with E-state index in [1.807, 2.05) is 30.3 Å². The summed E-state index contributed by atoms with van der Waals surface area (Å²) in [5, 5.41) is 1.14. The van der Waals surface area contributed by atoms with E-state index in [0.717, 1.165) is 35.0 Å². The molecule has 1 aromatic heterocycles. The quantitative estimate of drug-likeness (QED) is 0.596. The molecule has 2 heteroatoms. The van der Waals surface area contributed by atoms with Gasteiger partial charge in [-0.2, -0.15) is 0 Å². The van der Waals surface area contributed by atoms with Crippen molar-refractivity contribution in [3.05, 3.63) is 59.7 Å². The van der Waals surface area contributed by atoms with E-state index >= 15 is 0 Å². The fourth-order valence-corrected chi connectivity index (χ4v) is 2.50. The van der Waals surface area contributed by atoms with E-state index in [-0.39, 0.29) is 0 Å². The number of carbonyl (C=O) groups excluding carboxylic acids is 1. The average Bonchev–Trinajstić information content (AvgIpc) is 2.96. The van der Waals surface area contributed by atoms with E-state index in [1.54, 1.807) is 0 Å². The molecule has 2 aromatic carbocycles. The molecule has 0 aliphatic rings. The van der Waals surface area contributed by atoms with Gasteiger partial charge in [0.1, 0.15) is 17.6 Å². The molecule has 3 aromatic rings. The zero-order valence-corrected chi connectivity index (χ0v) is 12.1. The van der Waals surface area contributed by atoms with Gasteiger partial charge in [0.25, 0.3) is 0 Å². The number of aldehydes is 1. The SMILES string of the molecule is CCCCc1ccc2oc(-c3ccc(C=O)cc3)cc2c1. The Morgan fingerprint density at radius 2 is 1.86 bits per heavy atom. The van der Waals surface area contributed by atoms with E-state index in [4.69, 9.17) is 4.42 Å².